The van der Waals surface area contributed by atoms with Crippen LogP contribution in [0.25, 0.3) is 0 Å². The third-order valence-corrected chi connectivity index (χ3v) is 19.5. The minimum absolute atomic E-state index is 0.132. The van der Waals surface area contributed by atoms with Crippen LogP contribution in [0.15, 0.2) is 36.5 Å². The van der Waals surface area contributed by atoms with Crippen LogP contribution in [-0.4, -0.2) is 87.5 Å². The first kappa shape index (κ1) is 86.4. The van der Waals surface area contributed by atoms with E-state index < -0.39 is 49.5 Å². The molecule has 1 amide bonds. The molecular weight excluding hydrogens is 1110 g/mol. The van der Waals surface area contributed by atoms with Gasteiger partial charge in [-0.1, -0.05) is 397 Å². The predicted molar refractivity (Wildman–Crippen MR) is 387 cm³/mol. The monoisotopic (exact) mass is 1270 g/mol. The van der Waals surface area contributed by atoms with E-state index in [0.717, 1.165) is 51.4 Å². The second-order valence-electron chi connectivity index (χ2n) is 28.2. The maximum atomic E-state index is 13.2. The summed E-state index contributed by atoms with van der Waals surface area (Å²) in [6.07, 6.45) is 88.3. The SMILES string of the molecule is CCCCCCC/C=C\C/C=C\C/C=C\CCCCCCCCCCCCCCCCCCCCCCCCCCCCC(=O)NC(COC1OC(CO)C(O)C(O)C1O)C(O)CCCCCCCCCCCCCCCCCCCCCCCCCCCC. The normalized spacial score (nSPS) is 17.9. The lowest BCUT2D eigenvalue weighted by atomic mass is 9.99. The summed E-state index contributed by atoms with van der Waals surface area (Å²) >= 11 is 0. The largest absolute Gasteiger partial charge is 0.394 e. The molecule has 90 heavy (non-hydrogen) atoms. The van der Waals surface area contributed by atoms with E-state index in [4.69, 9.17) is 9.47 Å². The van der Waals surface area contributed by atoms with Crippen molar-refractivity contribution < 1.29 is 39.8 Å². The van der Waals surface area contributed by atoms with Crippen LogP contribution in [0.5, 0.6) is 0 Å². The van der Waals surface area contributed by atoms with Gasteiger partial charge in [-0.15, -0.1) is 0 Å². The number of unbranched alkanes of at least 4 members (excludes halogenated alkanes) is 56. The average Bonchev–Trinajstić information content (AvgIpc) is 1.28. The predicted octanol–water partition coefficient (Wildman–Crippen LogP) is 22.9. The van der Waals surface area contributed by atoms with Gasteiger partial charge < -0.3 is 40.3 Å². The van der Waals surface area contributed by atoms with Crippen molar-refractivity contribution in [2.75, 3.05) is 13.2 Å². The first-order valence-electron chi connectivity index (χ1n) is 40.2. The van der Waals surface area contributed by atoms with Crippen molar-refractivity contribution in [3.05, 3.63) is 36.5 Å². The third kappa shape index (κ3) is 57.8. The van der Waals surface area contributed by atoms with Crippen molar-refractivity contribution in [1.82, 2.24) is 5.32 Å². The zero-order chi connectivity index (χ0) is 64.9. The van der Waals surface area contributed by atoms with E-state index in [1.165, 1.54) is 340 Å². The molecule has 7 atom stereocenters. The summed E-state index contributed by atoms with van der Waals surface area (Å²) in [5.74, 6) is -0.134. The molecule has 0 aromatic rings. The first-order valence-corrected chi connectivity index (χ1v) is 40.2. The lowest BCUT2D eigenvalue weighted by Crippen LogP contribution is -2.60. The zero-order valence-electron chi connectivity index (χ0n) is 59.9. The molecule has 0 aromatic carbocycles. The highest BCUT2D eigenvalue weighted by Gasteiger charge is 2.44. The van der Waals surface area contributed by atoms with Crippen LogP contribution in [0.2, 0.25) is 0 Å². The topological polar surface area (TPSA) is 149 Å². The molecule has 0 aliphatic carbocycles. The number of aliphatic hydroxyl groups is 5. The minimum atomic E-state index is -1.55. The van der Waals surface area contributed by atoms with E-state index in [1.807, 2.05) is 0 Å². The van der Waals surface area contributed by atoms with Gasteiger partial charge >= 0.3 is 0 Å². The summed E-state index contributed by atoms with van der Waals surface area (Å²) < 4.78 is 11.4. The van der Waals surface area contributed by atoms with Crippen molar-refractivity contribution in [2.45, 2.75) is 461 Å². The van der Waals surface area contributed by atoms with Gasteiger partial charge in [-0.3, -0.25) is 4.79 Å². The quantitative estimate of drug-likeness (QED) is 0.0261. The van der Waals surface area contributed by atoms with E-state index in [0.29, 0.717) is 12.8 Å². The summed E-state index contributed by atoms with van der Waals surface area (Å²) in [7, 11) is 0. The van der Waals surface area contributed by atoms with E-state index in [9.17, 15) is 30.3 Å². The molecule has 0 aromatic heterocycles. The average molecular weight is 1270 g/mol. The van der Waals surface area contributed by atoms with Gasteiger partial charge in [0.15, 0.2) is 6.29 Å². The Morgan fingerprint density at radius 3 is 0.967 bits per heavy atom. The number of carbonyl (C=O) groups is 1. The molecule has 1 aliphatic heterocycles. The molecule has 0 radical (unpaired) electrons. The molecule has 7 unspecified atom stereocenters. The number of nitrogens with one attached hydrogen (secondary N) is 1. The van der Waals surface area contributed by atoms with E-state index in [2.05, 4.69) is 55.6 Å². The number of rotatable bonds is 72. The summed E-state index contributed by atoms with van der Waals surface area (Å²) in [5.41, 5.74) is 0. The molecule has 1 fully saturated rings. The van der Waals surface area contributed by atoms with Crippen LogP contribution in [0.1, 0.15) is 418 Å². The van der Waals surface area contributed by atoms with Crippen molar-refractivity contribution in [1.29, 1.82) is 0 Å². The molecule has 532 valence electrons. The van der Waals surface area contributed by atoms with Gasteiger partial charge in [-0.05, 0) is 51.4 Å². The Hall–Kier alpha value is -1.59. The minimum Gasteiger partial charge on any atom is -0.394 e. The van der Waals surface area contributed by atoms with Crippen LogP contribution in [0.3, 0.4) is 0 Å². The number of amides is 1. The van der Waals surface area contributed by atoms with E-state index in [-0.39, 0.29) is 12.5 Å². The second-order valence-corrected chi connectivity index (χ2v) is 28.2. The fourth-order valence-corrected chi connectivity index (χ4v) is 13.2. The number of aliphatic hydroxyl groups excluding tert-OH is 5. The first-order chi connectivity index (χ1) is 44.3. The van der Waals surface area contributed by atoms with Crippen LogP contribution in [0.4, 0.5) is 0 Å². The Bertz CT molecular complexity index is 1520. The van der Waals surface area contributed by atoms with Crippen LogP contribution in [0, 0.1) is 0 Å². The lowest BCUT2D eigenvalue weighted by molar-refractivity contribution is -0.302. The second kappa shape index (κ2) is 70.2. The van der Waals surface area contributed by atoms with Gasteiger partial charge in [0.2, 0.25) is 5.91 Å². The Morgan fingerprint density at radius 1 is 0.378 bits per heavy atom. The van der Waals surface area contributed by atoms with Gasteiger partial charge in [-0.2, -0.15) is 0 Å². The molecule has 1 aliphatic rings. The smallest absolute Gasteiger partial charge is 0.220 e. The Morgan fingerprint density at radius 2 is 0.656 bits per heavy atom. The van der Waals surface area contributed by atoms with Crippen LogP contribution < -0.4 is 5.32 Å². The van der Waals surface area contributed by atoms with Crippen LogP contribution in [-0.2, 0) is 14.3 Å². The number of hydrogen-bond acceptors (Lipinski definition) is 8. The van der Waals surface area contributed by atoms with Gasteiger partial charge in [0.1, 0.15) is 24.4 Å². The summed E-state index contributed by atoms with van der Waals surface area (Å²) in [4.78, 5) is 13.2. The fourth-order valence-electron chi connectivity index (χ4n) is 13.2. The summed E-state index contributed by atoms with van der Waals surface area (Å²) in [6.45, 7) is 3.89. The van der Waals surface area contributed by atoms with Gasteiger partial charge in [0.05, 0.1) is 25.4 Å². The number of hydrogen-bond donors (Lipinski definition) is 6. The highest BCUT2D eigenvalue weighted by Crippen LogP contribution is 2.24. The van der Waals surface area contributed by atoms with Crippen molar-refractivity contribution in [3.63, 3.8) is 0 Å². The molecule has 1 saturated heterocycles. The standard InChI is InChI=1S/C81H155NO8/c1-3-5-7-9-11-13-15-17-19-21-23-25-27-29-31-32-33-34-35-36-37-38-39-40-41-42-43-44-45-47-49-51-53-55-57-59-61-63-65-67-69-71-77(85)82-74(73-89-81-80(88)79(87)78(86)76(72-83)90-81)75(84)70-68-66-64-62-60-58-56-54-52-50-48-46-30-28-26-24-22-20-18-16-14-12-10-8-6-4-2/h15,17,21,23,27,29,74-76,78-81,83-84,86-88H,3-14,16,18-20,22,24-26,28,30-73H2,1-2H3,(H,82,85)/b17-15-,23-21-,29-27-. The Kier molecular flexibility index (Phi) is 67.4. The molecule has 6 N–H and O–H groups in total. The molecule has 1 rings (SSSR count). The number of carbonyl (C=O) groups excluding carboxylic acids is 1. The summed E-state index contributed by atoms with van der Waals surface area (Å²) in [5, 5.41) is 55.1. The van der Waals surface area contributed by atoms with Crippen molar-refractivity contribution >= 4 is 5.91 Å². The molecule has 0 bridgehead atoms. The number of allylic oxidation sites excluding steroid dienone is 6. The van der Waals surface area contributed by atoms with Gasteiger partial charge in [0.25, 0.3) is 0 Å². The fraction of sp³-hybridized carbons (Fsp3) is 0.914. The summed E-state index contributed by atoms with van der Waals surface area (Å²) in [6, 6.07) is -0.719. The number of ether oxygens (including phenoxy) is 2. The van der Waals surface area contributed by atoms with E-state index >= 15 is 0 Å². The van der Waals surface area contributed by atoms with Crippen molar-refractivity contribution in [3.8, 4) is 0 Å². The molecule has 1 heterocycles. The third-order valence-electron chi connectivity index (χ3n) is 19.5. The van der Waals surface area contributed by atoms with Crippen molar-refractivity contribution in [2.24, 2.45) is 0 Å². The Labute approximate surface area is 559 Å². The molecule has 9 nitrogen and oxygen atoms in total. The molecule has 9 heteroatoms. The van der Waals surface area contributed by atoms with Gasteiger partial charge in [0, 0.05) is 6.42 Å². The van der Waals surface area contributed by atoms with Gasteiger partial charge in [-0.25, -0.2) is 0 Å². The molecule has 0 saturated carbocycles. The van der Waals surface area contributed by atoms with E-state index in [1.54, 1.807) is 0 Å². The maximum absolute atomic E-state index is 13.2. The maximum Gasteiger partial charge on any atom is 0.220 e. The lowest BCUT2D eigenvalue weighted by Gasteiger charge is -2.40. The highest BCUT2D eigenvalue weighted by molar-refractivity contribution is 5.76. The van der Waals surface area contributed by atoms with Crippen LogP contribution >= 0.6 is 0 Å². The molecular formula is C81H155NO8. The zero-order valence-corrected chi connectivity index (χ0v) is 59.9. The highest BCUT2D eigenvalue weighted by atomic mass is 16.7. The molecule has 0 spiro atoms. The Balaban J connectivity index is 2.02.